The molecular weight excluding hydrogens is 445 g/mol. The van der Waals surface area contributed by atoms with Crippen LogP contribution in [0.1, 0.15) is 5.56 Å². The monoisotopic (exact) mass is 464 g/mol. The first-order valence-electron chi connectivity index (χ1n) is 9.31. The molecule has 1 N–H and O–H groups in total. The molecule has 0 radical (unpaired) electrons. The molecule has 0 aromatic heterocycles. The minimum absolute atomic E-state index is 0.145. The van der Waals surface area contributed by atoms with E-state index < -0.39 is 45.7 Å². The lowest BCUT2D eigenvalue weighted by atomic mass is 10.2. The van der Waals surface area contributed by atoms with Gasteiger partial charge < -0.3 is 10.1 Å². The maximum absolute atomic E-state index is 13.6. The standard InChI is InChI=1S/C22H19F3N2O4S/c1-14-3-9-17(10-4-14)32(29,30)27(2)15-5-7-16(8-6-15)31-13-20(28)26-19-12-11-18(23)21(24)22(19)25/h3-12H,13H2,1-2H3,(H,26,28). The molecule has 6 nitrogen and oxygen atoms in total. The van der Waals surface area contributed by atoms with E-state index in [-0.39, 0.29) is 10.6 Å². The number of ether oxygens (including phenoxy) is 1. The molecule has 0 aliphatic carbocycles. The number of anilines is 2. The van der Waals surface area contributed by atoms with E-state index in [0.717, 1.165) is 15.9 Å². The SMILES string of the molecule is Cc1ccc(S(=O)(=O)N(C)c2ccc(OCC(=O)Nc3ccc(F)c(F)c3F)cc2)cc1. The second-order valence-electron chi connectivity index (χ2n) is 6.84. The van der Waals surface area contributed by atoms with Crippen molar-refractivity contribution < 1.29 is 31.1 Å². The highest BCUT2D eigenvalue weighted by Crippen LogP contribution is 2.25. The summed E-state index contributed by atoms with van der Waals surface area (Å²) in [4.78, 5) is 12.1. The second-order valence-corrected chi connectivity index (χ2v) is 8.81. The zero-order valence-electron chi connectivity index (χ0n) is 17.1. The van der Waals surface area contributed by atoms with E-state index in [1.165, 1.54) is 43.4 Å². The number of nitrogens with one attached hydrogen (secondary N) is 1. The lowest BCUT2D eigenvalue weighted by Gasteiger charge is -2.20. The van der Waals surface area contributed by atoms with E-state index >= 15 is 0 Å². The van der Waals surface area contributed by atoms with E-state index in [0.29, 0.717) is 11.8 Å². The van der Waals surface area contributed by atoms with Crippen molar-refractivity contribution in [3.05, 3.63) is 83.7 Å². The fourth-order valence-corrected chi connectivity index (χ4v) is 3.91. The molecule has 0 fully saturated rings. The van der Waals surface area contributed by atoms with Gasteiger partial charge in [0.1, 0.15) is 5.75 Å². The largest absolute Gasteiger partial charge is 0.484 e. The zero-order chi connectivity index (χ0) is 23.5. The summed E-state index contributed by atoms with van der Waals surface area (Å²) >= 11 is 0. The lowest BCUT2D eigenvalue weighted by molar-refractivity contribution is -0.118. The van der Waals surface area contributed by atoms with Gasteiger partial charge in [0, 0.05) is 7.05 Å². The first-order chi connectivity index (χ1) is 15.1. The number of carbonyl (C=O) groups is 1. The maximum Gasteiger partial charge on any atom is 0.264 e. The van der Waals surface area contributed by atoms with Crippen LogP contribution < -0.4 is 14.4 Å². The van der Waals surface area contributed by atoms with Crippen molar-refractivity contribution in [1.82, 2.24) is 0 Å². The molecule has 10 heteroatoms. The van der Waals surface area contributed by atoms with Gasteiger partial charge in [-0.25, -0.2) is 21.6 Å². The summed E-state index contributed by atoms with van der Waals surface area (Å²) in [6, 6.07) is 13.9. The molecule has 1 amide bonds. The maximum atomic E-state index is 13.6. The summed E-state index contributed by atoms with van der Waals surface area (Å²) in [7, 11) is -2.35. The molecular formula is C22H19F3N2O4S. The molecule has 0 atom stereocenters. The van der Waals surface area contributed by atoms with Gasteiger partial charge in [-0.15, -0.1) is 0 Å². The Labute approximate surface area is 183 Å². The molecule has 0 saturated heterocycles. The van der Waals surface area contributed by atoms with Crippen LogP contribution in [0.15, 0.2) is 65.6 Å². The molecule has 32 heavy (non-hydrogen) atoms. The van der Waals surface area contributed by atoms with Crippen molar-refractivity contribution in [3.63, 3.8) is 0 Å². The van der Waals surface area contributed by atoms with Gasteiger partial charge in [-0.3, -0.25) is 9.10 Å². The van der Waals surface area contributed by atoms with Gasteiger partial charge >= 0.3 is 0 Å². The number of benzene rings is 3. The number of sulfonamides is 1. The van der Waals surface area contributed by atoms with E-state index in [2.05, 4.69) is 5.32 Å². The van der Waals surface area contributed by atoms with Crippen LogP contribution in [0.4, 0.5) is 24.5 Å². The predicted octanol–water partition coefficient (Wildman–Crippen LogP) is 4.25. The number of amides is 1. The number of carbonyl (C=O) groups excluding carboxylic acids is 1. The fourth-order valence-electron chi connectivity index (χ4n) is 2.72. The highest BCUT2D eigenvalue weighted by molar-refractivity contribution is 7.92. The van der Waals surface area contributed by atoms with Crippen LogP contribution in [0.3, 0.4) is 0 Å². The zero-order valence-corrected chi connectivity index (χ0v) is 17.9. The third-order valence-corrected chi connectivity index (χ3v) is 6.36. The number of aryl methyl sites for hydroxylation is 1. The van der Waals surface area contributed by atoms with Crippen LogP contribution in [-0.2, 0) is 14.8 Å². The van der Waals surface area contributed by atoms with Gasteiger partial charge in [-0.05, 0) is 55.5 Å². The summed E-state index contributed by atoms with van der Waals surface area (Å²) in [5, 5.41) is 2.09. The highest BCUT2D eigenvalue weighted by atomic mass is 32.2. The Bertz CT molecular complexity index is 1230. The molecule has 0 heterocycles. The van der Waals surface area contributed by atoms with Crippen molar-refractivity contribution in [2.45, 2.75) is 11.8 Å². The molecule has 3 aromatic rings. The number of rotatable bonds is 7. The summed E-state index contributed by atoms with van der Waals surface area (Å²) in [6.07, 6.45) is 0. The number of hydrogen-bond donors (Lipinski definition) is 1. The smallest absolute Gasteiger partial charge is 0.264 e. The molecule has 0 unspecified atom stereocenters. The van der Waals surface area contributed by atoms with Crippen LogP contribution in [0.2, 0.25) is 0 Å². The molecule has 0 bridgehead atoms. The third-order valence-electron chi connectivity index (χ3n) is 4.56. The average molecular weight is 464 g/mol. The van der Waals surface area contributed by atoms with Gasteiger partial charge in [0.15, 0.2) is 24.1 Å². The van der Waals surface area contributed by atoms with Gasteiger partial charge in [0.2, 0.25) is 0 Å². The number of halogens is 3. The van der Waals surface area contributed by atoms with Crippen molar-refractivity contribution in [2.24, 2.45) is 0 Å². The Kier molecular flexibility index (Phi) is 6.73. The Hall–Kier alpha value is -3.53. The summed E-state index contributed by atoms with van der Waals surface area (Å²) in [6.45, 7) is 1.32. The minimum atomic E-state index is -3.76. The summed E-state index contributed by atoms with van der Waals surface area (Å²) in [5.41, 5.74) is 0.784. The summed E-state index contributed by atoms with van der Waals surface area (Å²) < 4.78 is 71.7. The number of nitrogens with zero attached hydrogens (tertiary/aromatic N) is 1. The average Bonchev–Trinajstić information content (AvgIpc) is 2.78. The topological polar surface area (TPSA) is 75.7 Å². The van der Waals surface area contributed by atoms with Gasteiger partial charge in [0.05, 0.1) is 16.3 Å². The highest BCUT2D eigenvalue weighted by Gasteiger charge is 2.21. The molecule has 0 spiro atoms. The van der Waals surface area contributed by atoms with Crippen molar-refractivity contribution in [1.29, 1.82) is 0 Å². The Morgan fingerprint density at radius 1 is 0.938 bits per heavy atom. The van der Waals surface area contributed by atoms with E-state index in [1.807, 2.05) is 6.92 Å². The van der Waals surface area contributed by atoms with Gasteiger partial charge in [-0.2, -0.15) is 0 Å². The first-order valence-corrected chi connectivity index (χ1v) is 10.8. The Balaban J connectivity index is 1.62. The normalized spacial score (nSPS) is 11.2. The molecule has 3 aromatic carbocycles. The van der Waals surface area contributed by atoms with Gasteiger partial charge in [0.25, 0.3) is 15.9 Å². The van der Waals surface area contributed by atoms with Crippen LogP contribution in [-0.4, -0.2) is 28.0 Å². The van der Waals surface area contributed by atoms with Crippen LogP contribution in [0.5, 0.6) is 5.75 Å². The second kappa shape index (κ2) is 9.31. The van der Waals surface area contributed by atoms with Crippen LogP contribution in [0, 0.1) is 24.4 Å². The van der Waals surface area contributed by atoms with Crippen LogP contribution in [0.25, 0.3) is 0 Å². The number of hydrogen-bond acceptors (Lipinski definition) is 4. The van der Waals surface area contributed by atoms with E-state index in [9.17, 15) is 26.4 Å². The van der Waals surface area contributed by atoms with Crippen LogP contribution >= 0.6 is 0 Å². The minimum Gasteiger partial charge on any atom is -0.484 e. The fraction of sp³-hybridized carbons (Fsp3) is 0.136. The third kappa shape index (κ3) is 5.02. The van der Waals surface area contributed by atoms with Crippen molar-refractivity contribution >= 4 is 27.3 Å². The Morgan fingerprint density at radius 2 is 1.56 bits per heavy atom. The molecule has 0 aliphatic rings. The Morgan fingerprint density at radius 3 is 2.19 bits per heavy atom. The van der Waals surface area contributed by atoms with Crippen molar-refractivity contribution in [2.75, 3.05) is 23.3 Å². The molecule has 0 aliphatic heterocycles. The first kappa shape index (κ1) is 23.1. The molecule has 3 rings (SSSR count). The predicted molar refractivity (Wildman–Crippen MR) is 114 cm³/mol. The quantitative estimate of drug-likeness (QED) is 0.531. The summed E-state index contributed by atoms with van der Waals surface area (Å²) in [5.74, 6) is -5.12. The van der Waals surface area contributed by atoms with E-state index in [4.69, 9.17) is 4.74 Å². The van der Waals surface area contributed by atoms with Crippen molar-refractivity contribution in [3.8, 4) is 5.75 Å². The molecule has 168 valence electrons. The molecule has 0 saturated carbocycles. The van der Waals surface area contributed by atoms with E-state index in [1.54, 1.807) is 12.1 Å². The lowest BCUT2D eigenvalue weighted by Crippen LogP contribution is -2.26. The van der Waals surface area contributed by atoms with Gasteiger partial charge in [-0.1, -0.05) is 17.7 Å².